The minimum absolute atomic E-state index is 0.0603. The van der Waals surface area contributed by atoms with Gasteiger partial charge in [-0.2, -0.15) is 0 Å². The number of amides is 2. The lowest BCUT2D eigenvalue weighted by atomic mass is 10.1. The summed E-state index contributed by atoms with van der Waals surface area (Å²) in [7, 11) is 0. The average Bonchev–Trinajstić information content (AvgIpc) is 2.90. The van der Waals surface area contributed by atoms with Gasteiger partial charge in [0.25, 0.3) is 11.8 Å². The van der Waals surface area contributed by atoms with Gasteiger partial charge in [-0.3, -0.25) is 15.0 Å². The predicted molar refractivity (Wildman–Crippen MR) is 102 cm³/mol. The number of rotatable bonds is 5. The number of carboxylic acid groups (broad SMARTS) is 1. The molecule has 132 valence electrons. The summed E-state index contributed by atoms with van der Waals surface area (Å²) < 4.78 is 6.21. The van der Waals surface area contributed by atoms with Crippen molar-refractivity contribution in [3.05, 3.63) is 63.2 Å². The number of carbonyl (C=O) groups excluding carboxylic acids is 2. The van der Waals surface area contributed by atoms with Crippen LogP contribution in [0.2, 0.25) is 0 Å². The molecule has 0 unspecified atom stereocenters. The monoisotopic (exact) mass is 464 g/mol. The number of nitrogens with zero attached hydrogens (tertiary/aromatic N) is 1. The first-order chi connectivity index (χ1) is 12.5. The summed E-state index contributed by atoms with van der Waals surface area (Å²) in [4.78, 5) is 35.5. The summed E-state index contributed by atoms with van der Waals surface area (Å²) in [6.07, 6.45) is 1.39. The van der Waals surface area contributed by atoms with Crippen LogP contribution in [0.3, 0.4) is 0 Å². The Hall–Kier alpha value is -2.88. The first-order valence-corrected chi connectivity index (χ1v) is 8.60. The van der Waals surface area contributed by atoms with E-state index in [1.807, 2.05) is 12.1 Å². The maximum absolute atomic E-state index is 12.6. The number of nitrogens with one attached hydrogen (secondary N) is 1. The van der Waals surface area contributed by atoms with Crippen molar-refractivity contribution < 1.29 is 24.2 Å². The van der Waals surface area contributed by atoms with Crippen LogP contribution in [0.5, 0.6) is 5.75 Å². The Morgan fingerprint density at radius 3 is 2.54 bits per heavy atom. The minimum Gasteiger partial charge on any atom is -0.481 e. The Morgan fingerprint density at radius 2 is 1.85 bits per heavy atom. The molecule has 0 atom stereocenters. The second-order valence-electron chi connectivity index (χ2n) is 5.34. The highest BCUT2D eigenvalue weighted by atomic mass is 127. The Labute approximate surface area is 162 Å². The number of para-hydroxylation sites is 1. The van der Waals surface area contributed by atoms with Crippen molar-refractivity contribution in [3.63, 3.8) is 0 Å². The maximum atomic E-state index is 12.6. The number of carbonyl (C=O) groups is 3. The molecule has 2 aromatic rings. The van der Waals surface area contributed by atoms with Gasteiger partial charge in [-0.15, -0.1) is 0 Å². The summed E-state index contributed by atoms with van der Waals surface area (Å²) in [6.45, 7) is -0.519. The van der Waals surface area contributed by atoms with Crippen molar-refractivity contribution in [2.75, 3.05) is 11.6 Å². The number of anilines is 1. The van der Waals surface area contributed by atoms with Crippen molar-refractivity contribution in [3.8, 4) is 5.75 Å². The molecule has 1 fully saturated rings. The highest BCUT2D eigenvalue weighted by molar-refractivity contribution is 14.1. The molecule has 3 rings (SSSR count). The third kappa shape index (κ3) is 3.85. The summed E-state index contributed by atoms with van der Waals surface area (Å²) in [5, 5.41) is 9.92. The lowest BCUT2D eigenvalue weighted by Crippen LogP contribution is -2.35. The SMILES string of the molecule is O=C(O)COc1ccccc1C=C1C(=O)NN(c2ccc(I)cc2)C1=O. The van der Waals surface area contributed by atoms with Crippen LogP contribution in [0.25, 0.3) is 6.08 Å². The third-order valence-corrected chi connectivity index (χ3v) is 4.27. The van der Waals surface area contributed by atoms with Gasteiger partial charge in [0, 0.05) is 9.13 Å². The molecule has 1 heterocycles. The normalized spacial score (nSPS) is 15.3. The molecule has 2 aromatic carbocycles. The molecule has 1 saturated heterocycles. The maximum Gasteiger partial charge on any atom is 0.341 e. The molecule has 0 aromatic heterocycles. The van der Waals surface area contributed by atoms with Gasteiger partial charge in [0.15, 0.2) is 6.61 Å². The van der Waals surface area contributed by atoms with E-state index in [1.165, 1.54) is 11.1 Å². The lowest BCUT2D eigenvalue weighted by molar-refractivity contribution is -0.139. The molecule has 1 aliphatic heterocycles. The van der Waals surface area contributed by atoms with Crippen molar-refractivity contribution in [1.82, 2.24) is 5.43 Å². The van der Waals surface area contributed by atoms with Crippen molar-refractivity contribution in [2.45, 2.75) is 0 Å². The van der Waals surface area contributed by atoms with E-state index >= 15 is 0 Å². The Morgan fingerprint density at radius 1 is 1.15 bits per heavy atom. The average molecular weight is 464 g/mol. The van der Waals surface area contributed by atoms with Crippen LogP contribution < -0.4 is 15.2 Å². The Bertz CT molecular complexity index is 908. The van der Waals surface area contributed by atoms with Crippen molar-refractivity contribution in [2.24, 2.45) is 0 Å². The molecule has 1 aliphatic rings. The zero-order valence-electron chi connectivity index (χ0n) is 13.3. The van der Waals surface area contributed by atoms with Gasteiger partial charge in [-0.25, -0.2) is 9.80 Å². The molecule has 2 N–H and O–H groups in total. The minimum atomic E-state index is -1.12. The van der Waals surface area contributed by atoms with Crippen LogP contribution in [-0.4, -0.2) is 29.5 Å². The van der Waals surface area contributed by atoms with Crippen LogP contribution in [0, 0.1) is 3.57 Å². The summed E-state index contributed by atoms with van der Waals surface area (Å²) in [5.74, 6) is -1.88. The molecule has 0 bridgehead atoms. The first-order valence-electron chi connectivity index (χ1n) is 7.52. The fraction of sp³-hybridized carbons (Fsp3) is 0.0556. The van der Waals surface area contributed by atoms with Crippen LogP contribution in [0.4, 0.5) is 5.69 Å². The highest BCUT2D eigenvalue weighted by Crippen LogP contribution is 2.25. The van der Waals surface area contributed by atoms with E-state index < -0.39 is 24.4 Å². The first kappa shape index (κ1) is 17.9. The van der Waals surface area contributed by atoms with Crippen LogP contribution in [0.15, 0.2) is 54.1 Å². The van der Waals surface area contributed by atoms with E-state index in [1.54, 1.807) is 36.4 Å². The molecular formula is C18H13IN2O5. The largest absolute Gasteiger partial charge is 0.481 e. The molecule has 0 spiro atoms. The number of carboxylic acids is 1. The summed E-state index contributed by atoms with van der Waals surface area (Å²) in [5.41, 5.74) is 3.44. The van der Waals surface area contributed by atoms with E-state index in [-0.39, 0.29) is 11.3 Å². The smallest absolute Gasteiger partial charge is 0.341 e. The zero-order chi connectivity index (χ0) is 18.7. The number of hydrogen-bond donors (Lipinski definition) is 2. The van der Waals surface area contributed by atoms with E-state index in [2.05, 4.69) is 28.0 Å². The third-order valence-electron chi connectivity index (χ3n) is 3.55. The van der Waals surface area contributed by atoms with Crippen molar-refractivity contribution >= 4 is 52.1 Å². The predicted octanol–water partition coefficient (Wildman–Crippen LogP) is 2.22. The summed E-state index contributed by atoms with van der Waals surface area (Å²) in [6, 6.07) is 13.7. The van der Waals surface area contributed by atoms with Gasteiger partial charge in [-0.1, -0.05) is 18.2 Å². The van der Waals surface area contributed by atoms with Gasteiger partial charge in [0.05, 0.1) is 5.69 Å². The zero-order valence-corrected chi connectivity index (χ0v) is 15.5. The fourth-order valence-corrected chi connectivity index (χ4v) is 2.72. The second-order valence-corrected chi connectivity index (χ2v) is 6.58. The van der Waals surface area contributed by atoms with E-state index in [0.29, 0.717) is 11.3 Å². The van der Waals surface area contributed by atoms with Gasteiger partial charge in [0.1, 0.15) is 11.3 Å². The van der Waals surface area contributed by atoms with Crippen molar-refractivity contribution in [1.29, 1.82) is 0 Å². The van der Waals surface area contributed by atoms with Gasteiger partial charge in [-0.05, 0) is 59.0 Å². The number of hydrazine groups is 1. The lowest BCUT2D eigenvalue weighted by Gasteiger charge is -2.14. The number of hydrogen-bond acceptors (Lipinski definition) is 4. The van der Waals surface area contributed by atoms with Gasteiger partial charge < -0.3 is 9.84 Å². The Balaban J connectivity index is 1.90. The quantitative estimate of drug-likeness (QED) is 0.402. The highest BCUT2D eigenvalue weighted by Gasteiger charge is 2.34. The van der Waals surface area contributed by atoms with Crippen LogP contribution in [-0.2, 0) is 14.4 Å². The number of aliphatic carboxylic acids is 1. The van der Waals surface area contributed by atoms with E-state index in [0.717, 1.165) is 3.57 Å². The van der Waals surface area contributed by atoms with Gasteiger partial charge >= 0.3 is 5.97 Å². The molecule has 7 nitrogen and oxygen atoms in total. The molecule has 8 heteroatoms. The number of ether oxygens (including phenoxy) is 1. The Kier molecular flexibility index (Phi) is 5.21. The second kappa shape index (κ2) is 7.56. The van der Waals surface area contributed by atoms with Gasteiger partial charge in [0.2, 0.25) is 0 Å². The topological polar surface area (TPSA) is 95.9 Å². The molecular weight excluding hydrogens is 451 g/mol. The molecule has 0 radical (unpaired) electrons. The fourth-order valence-electron chi connectivity index (χ4n) is 2.36. The van der Waals surface area contributed by atoms with Crippen LogP contribution >= 0.6 is 22.6 Å². The molecule has 26 heavy (non-hydrogen) atoms. The molecule has 0 aliphatic carbocycles. The van der Waals surface area contributed by atoms with Crippen LogP contribution in [0.1, 0.15) is 5.56 Å². The number of halogens is 1. The van der Waals surface area contributed by atoms with E-state index in [4.69, 9.17) is 9.84 Å². The summed E-state index contributed by atoms with van der Waals surface area (Å²) >= 11 is 2.15. The molecule has 2 amide bonds. The van der Waals surface area contributed by atoms with E-state index in [9.17, 15) is 14.4 Å². The number of benzene rings is 2. The molecule has 0 saturated carbocycles. The standard InChI is InChI=1S/C18H13IN2O5/c19-12-5-7-13(8-6-12)21-18(25)14(17(24)20-21)9-11-3-1-2-4-15(11)26-10-16(22)23/h1-9H,10H2,(H,20,24)(H,22,23).